The highest BCUT2D eigenvalue weighted by Crippen LogP contribution is 2.49. The van der Waals surface area contributed by atoms with Crippen LogP contribution >= 0.6 is 0 Å². The minimum Gasteiger partial charge on any atom is -0.0622 e. The van der Waals surface area contributed by atoms with E-state index in [1.807, 2.05) is 0 Å². The Morgan fingerprint density at radius 3 is 1.02 bits per heavy atom. The third-order valence-corrected chi connectivity index (χ3v) is 8.46. The summed E-state index contributed by atoms with van der Waals surface area (Å²) in [6.45, 7) is 0. The van der Waals surface area contributed by atoms with Gasteiger partial charge in [0.2, 0.25) is 0 Å². The zero-order valence-corrected chi connectivity index (χ0v) is 23.2. The third-order valence-electron chi connectivity index (χ3n) is 8.46. The average Bonchev–Trinajstić information content (AvgIpc) is 3.08. The molecule has 0 aliphatic rings. The van der Waals surface area contributed by atoms with Crippen LogP contribution in [0, 0.1) is 0 Å². The van der Waals surface area contributed by atoms with Gasteiger partial charge in [0.05, 0.1) is 0 Å². The van der Waals surface area contributed by atoms with Crippen molar-refractivity contribution in [3.63, 3.8) is 0 Å². The molecule has 0 nitrogen and oxygen atoms in total. The summed E-state index contributed by atoms with van der Waals surface area (Å²) in [4.78, 5) is 0. The second kappa shape index (κ2) is 10.2. The van der Waals surface area contributed by atoms with E-state index in [0.717, 1.165) is 0 Å². The highest BCUT2D eigenvalue weighted by molar-refractivity contribution is 6.26. The normalized spacial score (nSPS) is 11.3. The Hall–Kier alpha value is -5.46. The van der Waals surface area contributed by atoms with Crippen molar-refractivity contribution < 1.29 is 0 Å². The van der Waals surface area contributed by atoms with Crippen molar-refractivity contribution in [2.75, 3.05) is 0 Å². The zero-order chi connectivity index (χ0) is 27.9. The van der Waals surface area contributed by atoms with Crippen molar-refractivity contribution >= 4 is 32.3 Å². The number of fused-ring (bicyclic) bond motifs is 3. The van der Waals surface area contributed by atoms with Gasteiger partial charge in [0.25, 0.3) is 0 Å². The van der Waals surface area contributed by atoms with E-state index < -0.39 is 0 Å². The first kappa shape index (κ1) is 24.3. The van der Waals surface area contributed by atoms with Crippen LogP contribution < -0.4 is 0 Å². The first-order chi connectivity index (χ1) is 20.9. The van der Waals surface area contributed by atoms with Crippen LogP contribution in [-0.4, -0.2) is 0 Å². The van der Waals surface area contributed by atoms with Gasteiger partial charge < -0.3 is 0 Å². The molecule has 0 heterocycles. The standard InChI is InChI=1S/C42H28/c1-4-16-29(17-5-1)38-28-39(30-18-6-2-7-19-30)42(33-23-11-10-22-32(33)38)41-36-26-14-12-24-34(36)40(31-20-8-3-9-21-31)35-25-13-15-27-37(35)41/h1-28H. The molecular weight excluding hydrogens is 504 g/mol. The van der Waals surface area contributed by atoms with Crippen molar-refractivity contribution in [2.45, 2.75) is 0 Å². The molecule has 8 aromatic rings. The van der Waals surface area contributed by atoms with Gasteiger partial charge in [0.15, 0.2) is 0 Å². The Bertz CT molecular complexity index is 2150. The summed E-state index contributed by atoms with van der Waals surface area (Å²) in [7, 11) is 0. The summed E-state index contributed by atoms with van der Waals surface area (Å²) < 4.78 is 0. The van der Waals surface area contributed by atoms with Crippen molar-refractivity contribution in [3.05, 3.63) is 170 Å². The molecule has 0 aliphatic carbocycles. The monoisotopic (exact) mass is 532 g/mol. The Balaban J connectivity index is 1.60. The van der Waals surface area contributed by atoms with Gasteiger partial charge in [-0.25, -0.2) is 0 Å². The van der Waals surface area contributed by atoms with Crippen LogP contribution in [0.5, 0.6) is 0 Å². The van der Waals surface area contributed by atoms with E-state index in [-0.39, 0.29) is 0 Å². The Kier molecular flexibility index (Phi) is 5.90. The van der Waals surface area contributed by atoms with Crippen molar-refractivity contribution in [3.8, 4) is 44.5 Å². The van der Waals surface area contributed by atoms with E-state index in [1.54, 1.807) is 0 Å². The van der Waals surface area contributed by atoms with E-state index >= 15 is 0 Å². The van der Waals surface area contributed by atoms with E-state index in [9.17, 15) is 0 Å². The molecule has 42 heavy (non-hydrogen) atoms. The largest absolute Gasteiger partial charge is 0.0622 e. The lowest BCUT2D eigenvalue weighted by atomic mass is 9.80. The zero-order valence-electron chi connectivity index (χ0n) is 23.2. The predicted octanol–water partition coefficient (Wildman–Crippen LogP) is 11.8. The molecule has 8 rings (SSSR count). The van der Waals surface area contributed by atoms with E-state index in [4.69, 9.17) is 0 Å². The lowest BCUT2D eigenvalue weighted by Crippen LogP contribution is -1.95. The quantitative estimate of drug-likeness (QED) is 0.198. The van der Waals surface area contributed by atoms with Gasteiger partial charge in [0, 0.05) is 0 Å². The number of rotatable bonds is 4. The SMILES string of the molecule is c1ccc(-c2cc(-c3ccccc3)c3ccccc3c2-c2c3ccccc3c(-c3ccccc3)c3ccccc23)cc1. The number of benzene rings is 8. The van der Waals surface area contributed by atoms with Crippen LogP contribution in [0.25, 0.3) is 76.8 Å². The maximum absolute atomic E-state index is 2.41. The third kappa shape index (κ3) is 3.92. The van der Waals surface area contributed by atoms with Gasteiger partial charge in [-0.1, -0.05) is 164 Å². The second-order valence-corrected chi connectivity index (χ2v) is 10.8. The molecule has 0 radical (unpaired) electrons. The maximum Gasteiger partial charge on any atom is -0.00139 e. The fourth-order valence-electron chi connectivity index (χ4n) is 6.66. The van der Waals surface area contributed by atoms with Gasteiger partial charge in [-0.3, -0.25) is 0 Å². The maximum atomic E-state index is 2.41. The van der Waals surface area contributed by atoms with Gasteiger partial charge >= 0.3 is 0 Å². The molecule has 0 saturated carbocycles. The first-order valence-electron chi connectivity index (χ1n) is 14.5. The highest BCUT2D eigenvalue weighted by atomic mass is 14.2. The summed E-state index contributed by atoms with van der Waals surface area (Å²) in [5, 5.41) is 7.61. The van der Waals surface area contributed by atoms with Crippen LogP contribution in [-0.2, 0) is 0 Å². The molecule has 0 spiro atoms. The topological polar surface area (TPSA) is 0 Å². The fourth-order valence-corrected chi connectivity index (χ4v) is 6.66. The van der Waals surface area contributed by atoms with Gasteiger partial charge in [-0.2, -0.15) is 0 Å². The molecule has 196 valence electrons. The van der Waals surface area contributed by atoms with Crippen molar-refractivity contribution in [1.29, 1.82) is 0 Å². The molecule has 0 fully saturated rings. The molecule has 0 bridgehead atoms. The predicted molar refractivity (Wildman–Crippen MR) is 181 cm³/mol. The van der Waals surface area contributed by atoms with Gasteiger partial charge in [-0.05, 0) is 82.9 Å². The molecule has 0 aromatic heterocycles. The van der Waals surface area contributed by atoms with Crippen LogP contribution in [0.15, 0.2) is 170 Å². The summed E-state index contributed by atoms with van der Waals surface area (Å²) in [5.74, 6) is 0. The number of hydrogen-bond acceptors (Lipinski definition) is 0. The lowest BCUT2D eigenvalue weighted by Gasteiger charge is -2.22. The second-order valence-electron chi connectivity index (χ2n) is 10.8. The molecule has 0 saturated heterocycles. The van der Waals surface area contributed by atoms with Crippen LogP contribution in [0.2, 0.25) is 0 Å². The fraction of sp³-hybridized carbons (Fsp3) is 0. The van der Waals surface area contributed by atoms with Crippen LogP contribution in [0.1, 0.15) is 0 Å². The molecule has 0 unspecified atom stereocenters. The smallest absolute Gasteiger partial charge is 0.00139 e. The summed E-state index contributed by atoms with van der Waals surface area (Å²) >= 11 is 0. The summed E-state index contributed by atoms with van der Waals surface area (Å²) in [6.07, 6.45) is 0. The number of hydrogen-bond donors (Lipinski definition) is 0. The minimum atomic E-state index is 1.22. The van der Waals surface area contributed by atoms with Crippen LogP contribution in [0.4, 0.5) is 0 Å². The van der Waals surface area contributed by atoms with E-state index in [0.29, 0.717) is 0 Å². The molecule has 0 amide bonds. The Morgan fingerprint density at radius 1 is 0.214 bits per heavy atom. The summed E-state index contributed by atoms with van der Waals surface area (Å²) in [6, 6.07) is 61.7. The highest BCUT2D eigenvalue weighted by Gasteiger charge is 2.22. The molecular formula is C42H28. The van der Waals surface area contributed by atoms with Gasteiger partial charge in [0.1, 0.15) is 0 Å². The van der Waals surface area contributed by atoms with E-state index in [1.165, 1.54) is 76.8 Å². The van der Waals surface area contributed by atoms with Crippen molar-refractivity contribution in [1.82, 2.24) is 0 Å². The minimum absolute atomic E-state index is 1.22. The van der Waals surface area contributed by atoms with Crippen LogP contribution in [0.3, 0.4) is 0 Å². The van der Waals surface area contributed by atoms with Gasteiger partial charge in [-0.15, -0.1) is 0 Å². The summed E-state index contributed by atoms with van der Waals surface area (Å²) in [5.41, 5.74) is 10.0. The molecule has 0 atom stereocenters. The first-order valence-corrected chi connectivity index (χ1v) is 14.5. The van der Waals surface area contributed by atoms with Crippen molar-refractivity contribution in [2.24, 2.45) is 0 Å². The molecule has 8 aromatic carbocycles. The van der Waals surface area contributed by atoms with E-state index in [2.05, 4.69) is 170 Å². The Morgan fingerprint density at radius 2 is 0.548 bits per heavy atom. The molecule has 0 aliphatic heterocycles. The molecule has 0 heteroatoms. The average molecular weight is 533 g/mol. The lowest BCUT2D eigenvalue weighted by molar-refractivity contribution is 1.61. The molecule has 0 N–H and O–H groups in total. The Labute approximate surface area is 246 Å².